The van der Waals surface area contributed by atoms with Crippen molar-refractivity contribution in [1.29, 1.82) is 0 Å². The number of hydrogen-bond acceptors (Lipinski definition) is 4. The van der Waals surface area contributed by atoms with Gasteiger partial charge in [-0.05, 0) is 12.1 Å². The summed E-state index contributed by atoms with van der Waals surface area (Å²) in [5.74, 6) is -4.06. The van der Waals surface area contributed by atoms with Crippen molar-refractivity contribution in [1.82, 2.24) is 10.6 Å². The Morgan fingerprint density at radius 1 is 1.04 bits per heavy atom. The van der Waals surface area contributed by atoms with Crippen LogP contribution in [0.15, 0.2) is 48.5 Å². The maximum Gasteiger partial charge on any atom is 0.342 e. The molecule has 130 valence electrons. The number of benzene rings is 2. The molecule has 0 unspecified atom stereocenters. The summed E-state index contributed by atoms with van der Waals surface area (Å²) >= 11 is 0. The lowest BCUT2D eigenvalue weighted by molar-refractivity contribution is -0.129. The molecule has 0 aliphatic carbocycles. The van der Waals surface area contributed by atoms with Crippen LogP contribution < -0.4 is 10.6 Å². The molecule has 0 aliphatic heterocycles. The number of halogens is 2. The van der Waals surface area contributed by atoms with Crippen molar-refractivity contribution < 1.29 is 27.9 Å². The number of rotatable bonds is 4. The van der Waals surface area contributed by atoms with Gasteiger partial charge < -0.3 is 10.1 Å². The van der Waals surface area contributed by atoms with Crippen LogP contribution in [0, 0.1) is 11.6 Å². The fraction of sp³-hybridized carbons (Fsp3) is 0.118. The lowest BCUT2D eigenvalue weighted by atomic mass is 10.1. The second kappa shape index (κ2) is 8.00. The monoisotopic (exact) mass is 348 g/mol. The quantitative estimate of drug-likeness (QED) is 0.831. The molecule has 1 atom stereocenters. The Morgan fingerprint density at radius 3 is 2.32 bits per heavy atom. The van der Waals surface area contributed by atoms with E-state index in [0.29, 0.717) is 6.07 Å². The third-order valence-corrected chi connectivity index (χ3v) is 3.18. The molecule has 2 aromatic rings. The molecular weight excluding hydrogens is 334 g/mol. The van der Waals surface area contributed by atoms with Gasteiger partial charge >= 0.3 is 12.0 Å². The van der Waals surface area contributed by atoms with Gasteiger partial charge in [-0.25, -0.2) is 18.4 Å². The van der Waals surface area contributed by atoms with Crippen molar-refractivity contribution in [2.45, 2.75) is 6.10 Å². The summed E-state index contributed by atoms with van der Waals surface area (Å²) in [5.41, 5.74) is -0.255. The van der Waals surface area contributed by atoms with Crippen LogP contribution in [0.2, 0.25) is 0 Å². The number of nitrogens with one attached hydrogen (secondary N) is 2. The minimum atomic E-state index is -1.49. The van der Waals surface area contributed by atoms with E-state index in [2.05, 4.69) is 5.32 Å². The van der Waals surface area contributed by atoms with E-state index in [9.17, 15) is 23.2 Å². The Morgan fingerprint density at radius 2 is 1.72 bits per heavy atom. The fourth-order valence-corrected chi connectivity index (χ4v) is 1.97. The van der Waals surface area contributed by atoms with Crippen molar-refractivity contribution in [3.05, 3.63) is 71.3 Å². The summed E-state index contributed by atoms with van der Waals surface area (Å²) in [6.45, 7) is 0. The van der Waals surface area contributed by atoms with Gasteiger partial charge in [0, 0.05) is 18.7 Å². The molecule has 2 rings (SSSR count). The number of carbonyl (C=O) groups is 3. The topological polar surface area (TPSA) is 84.5 Å². The first-order chi connectivity index (χ1) is 11.9. The van der Waals surface area contributed by atoms with E-state index in [0.717, 1.165) is 12.1 Å². The van der Waals surface area contributed by atoms with Crippen LogP contribution in [-0.4, -0.2) is 25.0 Å². The van der Waals surface area contributed by atoms with Crippen LogP contribution in [0.1, 0.15) is 22.0 Å². The average molecular weight is 348 g/mol. The van der Waals surface area contributed by atoms with Gasteiger partial charge in [-0.3, -0.25) is 10.1 Å². The molecule has 0 saturated heterocycles. The van der Waals surface area contributed by atoms with E-state index < -0.39 is 41.2 Å². The Balaban J connectivity index is 2.28. The maximum absolute atomic E-state index is 13.7. The van der Waals surface area contributed by atoms with Crippen molar-refractivity contribution >= 4 is 17.9 Å². The van der Waals surface area contributed by atoms with Crippen LogP contribution in [0.5, 0.6) is 0 Å². The minimum Gasteiger partial charge on any atom is -0.444 e. The number of esters is 1. The summed E-state index contributed by atoms with van der Waals surface area (Å²) < 4.78 is 31.7. The van der Waals surface area contributed by atoms with Crippen molar-refractivity contribution in [2.75, 3.05) is 7.05 Å². The van der Waals surface area contributed by atoms with Crippen LogP contribution >= 0.6 is 0 Å². The van der Waals surface area contributed by atoms with Crippen LogP contribution in [-0.2, 0) is 9.53 Å². The second-order valence-corrected chi connectivity index (χ2v) is 4.89. The van der Waals surface area contributed by atoms with Gasteiger partial charge in [0.1, 0.15) is 11.6 Å². The van der Waals surface area contributed by atoms with Crippen LogP contribution in [0.3, 0.4) is 0 Å². The van der Waals surface area contributed by atoms with Crippen LogP contribution in [0.4, 0.5) is 13.6 Å². The third kappa shape index (κ3) is 4.60. The molecule has 0 bridgehead atoms. The number of imide groups is 1. The summed E-state index contributed by atoms with van der Waals surface area (Å²) in [5, 5.41) is 4.18. The largest absolute Gasteiger partial charge is 0.444 e. The van der Waals surface area contributed by atoms with Gasteiger partial charge in [-0.1, -0.05) is 30.3 Å². The Bertz CT molecular complexity index is 796. The van der Waals surface area contributed by atoms with Crippen molar-refractivity contribution in [3.63, 3.8) is 0 Å². The van der Waals surface area contributed by atoms with Gasteiger partial charge in [0.15, 0.2) is 0 Å². The Kier molecular flexibility index (Phi) is 5.78. The highest BCUT2D eigenvalue weighted by Gasteiger charge is 2.28. The van der Waals surface area contributed by atoms with E-state index in [4.69, 9.17) is 4.74 Å². The number of hydrogen-bond donors (Lipinski definition) is 2. The summed E-state index contributed by atoms with van der Waals surface area (Å²) in [6.07, 6.45) is -1.49. The number of amides is 3. The van der Waals surface area contributed by atoms with E-state index in [-0.39, 0.29) is 5.56 Å². The Hall–Kier alpha value is -3.29. The van der Waals surface area contributed by atoms with E-state index >= 15 is 0 Å². The summed E-state index contributed by atoms with van der Waals surface area (Å²) in [7, 11) is 1.31. The molecule has 0 spiro atoms. The molecule has 3 amide bonds. The molecule has 0 aliphatic rings. The summed E-state index contributed by atoms with van der Waals surface area (Å²) in [6, 6.07) is 9.41. The molecule has 2 N–H and O–H groups in total. The SMILES string of the molecule is CNC(=O)NC(=O)[C@H](OC(=O)c1ccc(F)cc1F)c1ccccc1. The summed E-state index contributed by atoms with van der Waals surface area (Å²) in [4.78, 5) is 35.7. The predicted octanol–water partition coefficient (Wildman–Crippen LogP) is 2.32. The van der Waals surface area contributed by atoms with E-state index in [1.165, 1.54) is 19.2 Å². The smallest absolute Gasteiger partial charge is 0.342 e. The normalized spacial score (nSPS) is 11.3. The second-order valence-electron chi connectivity index (χ2n) is 4.89. The van der Waals surface area contributed by atoms with E-state index in [1.54, 1.807) is 18.2 Å². The highest BCUT2D eigenvalue weighted by Crippen LogP contribution is 2.21. The van der Waals surface area contributed by atoms with Gasteiger partial charge in [0.25, 0.3) is 5.91 Å². The lowest BCUT2D eigenvalue weighted by Gasteiger charge is -2.17. The molecule has 2 aromatic carbocycles. The predicted molar refractivity (Wildman–Crippen MR) is 83.6 cm³/mol. The fourth-order valence-electron chi connectivity index (χ4n) is 1.97. The minimum absolute atomic E-state index is 0.278. The molecule has 8 heteroatoms. The molecule has 0 saturated carbocycles. The highest BCUT2D eigenvalue weighted by molar-refractivity contribution is 5.99. The zero-order valence-electron chi connectivity index (χ0n) is 13.1. The van der Waals surface area contributed by atoms with E-state index in [1.807, 2.05) is 5.32 Å². The van der Waals surface area contributed by atoms with Gasteiger partial charge in [0.2, 0.25) is 6.10 Å². The molecule has 0 radical (unpaired) electrons. The highest BCUT2D eigenvalue weighted by atomic mass is 19.1. The van der Waals surface area contributed by atoms with Crippen LogP contribution in [0.25, 0.3) is 0 Å². The molecule has 6 nitrogen and oxygen atoms in total. The number of ether oxygens (including phenoxy) is 1. The zero-order valence-corrected chi connectivity index (χ0v) is 13.1. The standard InChI is InChI=1S/C17H14F2N2O4/c1-20-17(24)21-15(22)14(10-5-3-2-4-6-10)25-16(23)12-8-7-11(18)9-13(12)19/h2-9,14H,1H3,(H2,20,21,22,24)/t14-/m1/s1. The molecule has 25 heavy (non-hydrogen) atoms. The van der Waals surface area contributed by atoms with Gasteiger partial charge in [-0.15, -0.1) is 0 Å². The zero-order chi connectivity index (χ0) is 18.4. The molecular formula is C17H14F2N2O4. The first-order valence-electron chi connectivity index (χ1n) is 7.16. The maximum atomic E-state index is 13.7. The van der Waals surface area contributed by atoms with Gasteiger partial charge in [-0.2, -0.15) is 0 Å². The first-order valence-corrected chi connectivity index (χ1v) is 7.16. The van der Waals surface area contributed by atoms with Crippen molar-refractivity contribution in [3.8, 4) is 0 Å². The lowest BCUT2D eigenvalue weighted by Crippen LogP contribution is -2.41. The number of carbonyl (C=O) groups excluding carboxylic acids is 3. The molecule has 0 fully saturated rings. The Labute approximate surface area is 141 Å². The van der Waals surface area contributed by atoms with Gasteiger partial charge in [0.05, 0.1) is 5.56 Å². The molecule has 0 aromatic heterocycles. The average Bonchev–Trinajstić information content (AvgIpc) is 2.59. The number of urea groups is 1. The first kappa shape index (κ1) is 18.1. The molecule has 0 heterocycles. The third-order valence-electron chi connectivity index (χ3n) is 3.18. The van der Waals surface area contributed by atoms with Crippen molar-refractivity contribution in [2.24, 2.45) is 0 Å².